The number of hydrogen-bond donors (Lipinski definition) is 2. The second kappa shape index (κ2) is 6.01. The molecular formula is C14H23N3OS. The highest BCUT2D eigenvalue weighted by atomic mass is 32.1. The van der Waals surface area contributed by atoms with Crippen molar-refractivity contribution in [1.82, 2.24) is 15.6 Å². The van der Waals surface area contributed by atoms with E-state index in [1.807, 2.05) is 5.38 Å². The van der Waals surface area contributed by atoms with Gasteiger partial charge >= 0.3 is 0 Å². The maximum Gasteiger partial charge on any atom is 0.223 e. The summed E-state index contributed by atoms with van der Waals surface area (Å²) in [4.78, 5) is 16.8. The molecule has 0 spiro atoms. The van der Waals surface area contributed by atoms with Crippen molar-refractivity contribution in [3.63, 3.8) is 0 Å². The standard InChI is InChI=1S/C14H23N3OS/c1-4-14(3,13-16-7-8-19-13)17-12(18)11-5-6-15-10(2)9-11/h7-8,10-11,15H,4-6,9H2,1-3H3,(H,17,18)/t10-,11-,14?/m0/s1. The molecular weight excluding hydrogens is 258 g/mol. The molecule has 1 fully saturated rings. The van der Waals surface area contributed by atoms with Crippen LogP contribution < -0.4 is 10.6 Å². The molecule has 1 aromatic rings. The van der Waals surface area contributed by atoms with Gasteiger partial charge in [0.2, 0.25) is 5.91 Å². The van der Waals surface area contributed by atoms with E-state index >= 15 is 0 Å². The van der Waals surface area contributed by atoms with Gasteiger partial charge in [0.05, 0.1) is 5.54 Å². The number of aromatic nitrogens is 1. The summed E-state index contributed by atoms with van der Waals surface area (Å²) in [5, 5.41) is 9.55. The molecule has 1 saturated heterocycles. The van der Waals surface area contributed by atoms with E-state index in [1.165, 1.54) is 0 Å². The predicted octanol–water partition coefficient (Wildman–Crippen LogP) is 2.27. The summed E-state index contributed by atoms with van der Waals surface area (Å²) < 4.78 is 0. The van der Waals surface area contributed by atoms with Gasteiger partial charge < -0.3 is 10.6 Å². The Morgan fingerprint density at radius 2 is 2.47 bits per heavy atom. The summed E-state index contributed by atoms with van der Waals surface area (Å²) in [6.45, 7) is 7.22. The van der Waals surface area contributed by atoms with E-state index in [0.717, 1.165) is 30.8 Å². The van der Waals surface area contributed by atoms with Crippen LogP contribution in [0.15, 0.2) is 11.6 Å². The number of carbonyl (C=O) groups excluding carboxylic acids is 1. The van der Waals surface area contributed by atoms with Gasteiger partial charge in [-0.15, -0.1) is 11.3 Å². The molecule has 1 aromatic heterocycles. The third-order valence-electron chi connectivity index (χ3n) is 4.00. The number of nitrogens with zero attached hydrogens (tertiary/aromatic N) is 1. The average molecular weight is 281 g/mol. The SMILES string of the molecule is CCC(C)(NC(=O)[C@H]1CCN[C@@H](C)C1)c1nccs1. The lowest BCUT2D eigenvalue weighted by atomic mass is 9.90. The zero-order valence-corrected chi connectivity index (χ0v) is 12.7. The van der Waals surface area contributed by atoms with Crippen LogP contribution in [0.2, 0.25) is 0 Å². The van der Waals surface area contributed by atoms with Crippen LogP contribution in [0.3, 0.4) is 0 Å². The zero-order chi connectivity index (χ0) is 13.9. The van der Waals surface area contributed by atoms with Crippen molar-refractivity contribution in [2.24, 2.45) is 5.92 Å². The molecule has 0 aliphatic carbocycles. The van der Waals surface area contributed by atoms with Gasteiger partial charge in [-0.05, 0) is 39.7 Å². The van der Waals surface area contributed by atoms with Crippen molar-refractivity contribution in [3.05, 3.63) is 16.6 Å². The number of hydrogen-bond acceptors (Lipinski definition) is 4. The molecule has 5 heteroatoms. The summed E-state index contributed by atoms with van der Waals surface area (Å²) >= 11 is 1.61. The van der Waals surface area contributed by atoms with Gasteiger partial charge in [0.15, 0.2) is 0 Å². The Bertz CT molecular complexity index is 420. The Labute approximate surface area is 119 Å². The van der Waals surface area contributed by atoms with Crippen LogP contribution in [-0.4, -0.2) is 23.5 Å². The van der Waals surface area contributed by atoms with Crippen LogP contribution in [0.25, 0.3) is 0 Å². The zero-order valence-electron chi connectivity index (χ0n) is 11.9. The molecule has 106 valence electrons. The van der Waals surface area contributed by atoms with E-state index in [-0.39, 0.29) is 17.4 Å². The van der Waals surface area contributed by atoms with E-state index in [9.17, 15) is 4.79 Å². The Balaban J connectivity index is 2.04. The average Bonchev–Trinajstić information content (AvgIpc) is 2.93. The minimum Gasteiger partial charge on any atom is -0.344 e. The highest BCUT2D eigenvalue weighted by Gasteiger charge is 2.33. The molecule has 0 aromatic carbocycles. The fraction of sp³-hybridized carbons (Fsp3) is 0.714. The van der Waals surface area contributed by atoms with Crippen LogP contribution >= 0.6 is 11.3 Å². The fourth-order valence-electron chi connectivity index (χ4n) is 2.53. The molecule has 4 nitrogen and oxygen atoms in total. The van der Waals surface area contributed by atoms with Gasteiger partial charge in [0.25, 0.3) is 0 Å². The van der Waals surface area contributed by atoms with E-state index < -0.39 is 0 Å². The van der Waals surface area contributed by atoms with Crippen molar-refractivity contribution in [3.8, 4) is 0 Å². The number of thiazole rings is 1. The van der Waals surface area contributed by atoms with Crippen LogP contribution in [0.4, 0.5) is 0 Å². The highest BCUT2D eigenvalue weighted by Crippen LogP contribution is 2.27. The molecule has 1 aliphatic heterocycles. The normalized spacial score (nSPS) is 26.7. The first kappa shape index (κ1) is 14.5. The number of carbonyl (C=O) groups is 1. The van der Waals surface area contributed by atoms with Gasteiger partial charge in [-0.25, -0.2) is 4.98 Å². The summed E-state index contributed by atoms with van der Waals surface area (Å²) in [5.74, 6) is 0.301. The Hall–Kier alpha value is -0.940. The molecule has 2 rings (SSSR count). The van der Waals surface area contributed by atoms with Gasteiger partial charge in [-0.2, -0.15) is 0 Å². The van der Waals surface area contributed by atoms with Crippen molar-refractivity contribution in [2.75, 3.05) is 6.54 Å². The molecule has 1 aliphatic rings. The number of nitrogens with one attached hydrogen (secondary N) is 2. The molecule has 1 unspecified atom stereocenters. The highest BCUT2D eigenvalue weighted by molar-refractivity contribution is 7.09. The predicted molar refractivity (Wildman–Crippen MR) is 78.1 cm³/mol. The lowest BCUT2D eigenvalue weighted by Crippen LogP contribution is -2.49. The molecule has 2 heterocycles. The van der Waals surface area contributed by atoms with Crippen molar-refractivity contribution >= 4 is 17.2 Å². The summed E-state index contributed by atoms with van der Waals surface area (Å²) in [5.41, 5.74) is -0.334. The Morgan fingerprint density at radius 3 is 3.05 bits per heavy atom. The van der Waals surface area contributed by atoms with E-state index in [0.29, 0.717) is 6.04 Å². The van der Waals surface area contributed by atoms with Gasteiger partial charge in [-0.3, -0.25) is 4.79 Å². The van der Waals surface area contributed by atoms with Gasteiger partial charge in [-0.1, -0.05) is 6.92 Å². The Morgan fingerprint density at radius 1 is 1.68 bits per heavy atom. The topological polar surface area (TPSA) is 54.0 Å². The van der Waals surface area contributed by atoms with E-state index in [2.05, 4.69) is 36.4 Å². The first-order valence-corrected chi connectivity index (χ1v) is 7.88. The summed E-state index contributed by atoms with van der Waals surface area (Å²) in [7, 11) is 0. The fourth-order valence-corrected chi connectivity index (χ4v) is 3.36. The Kier molecular flexibility index (Phi) is 4.58. The first-order valence-electron chi connectivity index (χ1n) is 7.00. The molecule has 19 heavy (non-hydrogen) atoms. The monoisotopic (exact) mass is 281 g/mol. The lowest BCUT2D eigenvalue weighted by Gasteiger charge is -2.32. The number of rotatable bonds is 4. The molecule has 0 radical (unpaired) electrons. The molecule has 0 saturated carbocycles. The third kappa shape index (κ3) is 3.34. The van der Waals surface area contributed by atoms with E-state index in [1.54, 1.807) is 17.5 Å². The smallest absolute Gasteiger partial charge is 0.223 e. The maximum atomic E-state index is 12.5. The van der Waals surface area contributed by atoms with Crippen LogP contribution in [0.5, 0.6) is 0 Å². The summed E-state index contributed by atoms with van der Waals surface area (Å²) in [6.07, 6.45) is 4.50. The second-order valence-electron chi connectivity index (χ2n) is 5.59. The molecule has 1 amide bonds. The second-order valence-corrected chi connectivity index (χ2v) is 6.48. The minimum absolute atomic E-state index is 0.127. The molecule has 3 atom stereocenters. The quantitative estimate of drug-likeness (QED) is 0.890. The van der Waals surface area contributed by atoms with Crippen LogP contribution in [-0.2, 0) is 10.3 Å². The van der Waals surface area contributed by atoms with Crippen molar-refractivity contribution < 1.29 is 4.79 Å². The largest absolute Gasteiger partial charge is 0.344 e. The lowest BCUT2D eigenvalue weighted by molar-refractivity contribution is -0.128. The van der Waals surface area contributed by atoms with Crippen molar-refractivity contribution in [1.29, 1.82) is 0 Å². The first-order chi connectivity index (χ1) is 9.05. The summed E-state index contributed by atoms with van der Waals surface area (Å²) in [6, 6.07) is 0.428. The minimum atomic E-state index is -0.334. The molecule has 0 bridgehead atoms. The van der Waals surface area contributed by atoms with Gasteiger partial charge in [0, 0.05) is 23.5 Å². The van der Waals surface area contributed by atoms with Crippen LogP contribution in [0.1, 0.15) is 45.0 Å². The maximum absolute atomic E-state index is 12.5. The number of piperidine rings is 1. The molecule has 2 N–H and O–H groups in total. The number of amides is 1. The third-order valence-corrected chi connectivity index (χ3v) is 5.04. The van der Waals surface area contributed by atoms with Crippen molar-refractivity contribution in [2.45, 2.75) is 51.6 Å². The van der Waals surface area contributed by atoms with Gasteiger partial charge in [0.1, 0.15) is 5.01 Å². The van der Waals surface area contributed by atoms with E-state index in [4.69, 9.17) is 0 Å². The van der Waals surface area contributed by atoms with Crippen LogP contribution in [0, 0.1) is 5.92 Å².